The van der Waals surface area contributed by atoms with Crippen LogP contribution in [0, 0.1) is 25.2 Å². The predicted molar refractivity (Wildman–Crippen MR) is 58.7 cm³/mol. The third kappa shape index (κ3) is 2.34. The van der Waals surface area contributed by atoms with Gasteiger partial charge >= 0.3 is 0 Å². The topological polar surface area (TPSA) is 69.9 Å². The summed E-state index contributed by atoms with van der Waals surface area (Å²) in [5.74, 6) is -0.204. The lowest BCUT2D eigenvalue weighted by Crippen LogP contribution is -2.34. The maximum absolute atomic E-state index is 12.0. The third-order valence-corrected chi connectivity index (χ3v) is 2.42. The van der Waals surface area contributed by atoms with E-state index in [2.05, 4.69) is 10.2 Å². The molecule has 1 atom stereocenters. The summed E-state index contributed by atoms with van der Waals surface area (Å²) in [4.78, 5) is 13.4. The highest BCUT2D eigenvalue weighted by Crippen LogP contribution is 2.10. The minimum atomic E-state index is -0.458. The summed E-state index contributed by atoms with van der Waals surface area (Å²) in [5.41, 5.74) is 1.76. The Balaban J connectivity index is 3.06. The molecule has 1 aromatic heterocycles. The van der Waals surface area contributed by atoms with Crippen LogP contribution < -0.4 is 0 Å². The number of aryl methyl sites for hydroxylation is 2. The highest BCUT2D eigenvalue weighted by Gasteiger charge is 2.19. The first-order valence-electron chi connectivity index (χ1n) is 4.95. The van der Waals surface area contributed by atoms with Gasteiger partial charge in [-0.25, -0.2) is 0 Å². The number of nitrogens with zero attached hydrogens (tertiary/aromatic N) is 4. The van der Waals surface area contributed by atoms with Crippen LogP contribution in [0.1, 0.15) is 28.7 Å². The summed E-state index contributed by atoms with van der Waals surface area (Å²) in [6, 6.07) is 3.25. The lowest BCUT2D eigenvalue weighted by molar-refractivity contribution is 0.0771. The summed E-state index contributed by atoms with van der Waals surface area (Å²) < 4.78 is 0. The van der Waals surface area contributed by atoms with E-state index in [1.54, 1.807) is 33.9 Å². The van der Waals surface area contributed by atoms with Gasteiger partial charge in [0.1, 0.15) is 6.04 Å². The molecule has 0 bridgehead atoms. The predicted octanol–water partition coefficient (Wildman–Crippen LogP) is 1.08. The van der Waals surface area contributed by atoms with Gasteiger partial charge in [-0.05, 0) is 26.8 Å². The van der Waals surface area contributed by atoms with Crippen LogP contribution >= 0.6 is 0 Å². The molecule has 1 heterocycles. The van der Waals surface area contributed by atoms with Crippen LogP contribution in [0.15, 0.2) is 6.07 Å². The van der Waals surface area contributed by atoms with Crippen LogP contribution in [-0.2, 0) is 0 Å². The van der Waals surface area contributed by atoms with E-state index in [0.717, 1.165) is 0 Å². The van der Waals surface area contributed by atoms with E-state index in [4.69, 9.17) is 5.26 Å². The Labute approximate surface area is 94.7 Å². The van der Waals surface area contributed by atoms with Crippen molar-refractivity contribution in [3.8, 4) is 6.07 Å². The number of hydrogen-bond donors (Lipinski definition) is 0. The van der Waals surface area contributed by atoms with Crippen molar-refractivity contribution in [3.63, 3.8) is 0 Å². The van der Waals surface area contributed by atoms with Crippen LogP contribution in [0.4, 0.5) is 0 Å². The minimum Gasteiger partial charge on any atom is -0.326 e. The van der Waals surface area contributed by atoms with Gasteiger partial charge in [0.2, 0.25) is 0 Å². The molecule has 0 spiro atoms. The zero-order valence-corrected chi connectivity index (χ0v) is 9.85. The van der Waals surface area contributed by atoms with E-state index in [1.165, 1.54) is 4.90 Å². The Morgan fingerprint density at radius 2 is 2.12 bits per heavy atom. The number of carbonyl (C=O) groups excluding carboxylic acids is 1. The zero-order valence-electron chi connectivity index (χ0n) is 9.85. The van der Waals surface area contributed by atoms with Gasteiger partial charge in [0, 0.05) is 7.05 Å². The van der Waals surface area contributed by atoms with Gasteiger partial charge in [-0.2, -0.15) is 15.5 Å². The fraction of sp³-hybridized carbons (Fsp3) is 0.455. The monoisotopic (exact) mass is 218 g/mol. The van der Waals surface area contributed by atoms with Gasteiger partial charge in [-0.15, -0.1) is 0 Å². The zero-order chi connectivity index (χ0) is 12.3. The number of aromatic nitrogens is 2. The summed E-state index contributed by atoms with van der Waals surface area (Å²) >= 11 is 0. The van der Waals surface area contributed by atoms with Crippen molar-refractivity contribution in [2.24, 2.45) is 0 Å². The number of hydrogen-bond acceptors (Lipinski definition) is 4. The minimum absolute atomic E-state index is 0.204. The molecule has 1 aromatic rings. The second-order valence-corrected chi connectivity index (χ2v) is 3.71. The maximum Gasteiger partial charge on any atom is 0.256 e. The van der Waals surface area contributed by atoms with E-state index >= 15 is 0 Å². The van der Waals surface area contributed by atoms with Crippen LogP contribution in [0.5, 0.6) is 0 Å². The molecule has 16 heavy (non-hydrogen) atoms. The van der Waals surface area contributed by atoms with Gasteiger partial charge in [-0.3, -0.25) is 4.79 Å². The Morgan fingerprint density at radius 3 is 2.69 bits per heavy atom. The smallest absolute Gasteiger partial charge is 0.256 e. The average Bonchev–Trinajstić information content (AvgIpc) is 2.29. The molecule has 0 saturated heterocycles. The van der Waals surface area contributed by atoms with Crippen molar-refractivity contribution in [2.75, 3.05) is 7.05 Å². The van der Waals surface area contributed by atoms with Gasteiger partial charge in [0.05, 0.1) is 23.0 Å². The normalized spacial score (nSPS) is 11.7. The molecule has 0 aliphatic rings. The van der Waals surface area contributed by atoms with Gasteiger partial charge in [0.15, 0.2) is 0 Å². The van der Waals surface area contributed by atoms with Crippen molar-refractivity contribution >= 4 is 5.91 Å². The molecule has 0 radical (unpaired) electrons. The largest absolute Gasteiger partial charge is 0.326 e. The molecule has 0 saturated carbocycles. The fourth-order valence-electron chi connectivity index (χ4n) is 1.22. The highest BCUT2D eigenvalue weighted by molar-refractivity contribution is 5.95. The molecule has 0 N–H and O–H groups in total. The van der Waals surface area contributed by atoms with Crippen molar-refractivity contribution in [2.45, 2.75) is 26.8 Å². The van der Waals surface area contributed by atoms with Crippen LogP contribution in [-0.4, -0.2) is 34.1 Å². The van der Waals surface area contributed by atoms with Crippen molar-refractivity contribution in [1.82, 2.24) is 15.1 Å². The van der Waals surface area contributed by atoms with E-state index in [0.29, 0.717) is 17.0 Å². The van der Waals surface area contributed by atoms with Crippen molar-refractivity contribution in [3.05, 3.63) is 23.0 Å². The number of rotatable bonds is 2. The first-order chi connectivity index (χ1) is 7.47. The molecular weight excluding hydrogens is 204 g/mol. The lowest BCUT2D eigenvalue weighted by Gasteiger charge is -2.19. The molecule has 1 amide bonds. The Kier molecular flexibility index (Phi) is 3.56. The first kappa shape index (κ1) is 12.1. The fourth-order valence-corrected chi connectivity index (χ4v) is 1.22. The van der Waals surface area contributed by atoms with E-state index in [1.807, 2.05) is 6.07 Å². The highest BCUT2D eigenvalue weighted by atomic mass is 16.2. The molecule has 1 unspecified atom stereocenters. The number of amides is 1. The van der Waals surface area contributed by atoms with Crippen LogP contribution in [0.2, 0.25) is 0 Å². The quantitative estimate of drug-likeness (QED) is 0.744. The second-order valence-electron chi connectivity index (χ2n) is 3.71. The lowest BCUT2D eigenvalue weighted by atomic mass is 10.1. The molecule has 5 heteroatoms. The molecule has 0 aromatic carbocycles. The molecule has 1 rings (SSSR count). The molecular formula is C11H14N4O. The summed E-state index contributed by atoms with van der Waals surface area (Å²) in [6.45, 7) is 5.18. The first-order valence-corrected chi connectivity index (χ1v) is 4.95. The molecule has 0 aliphatic heterocycles. The molecule has 5 nitrogen and oxygen atoms in total. The number of carbonyl (C=O) groups is 1. The maximum atomic E-state index is 12.0. The van der Waals surface area contributed by atoms with E-state index in [9.17, 15) is 4.79 Å². The SMILES string of the molecule is Cc1cc(C(=O)N(C)C(C)C#N)c(C)nn1. The summed E-state index contributed by atoms with van der Waals surface area (Å²) in [7, 11) is 1.60. The average molecular weight is 218 g/mol. The van der Waals surface area contributed by atoms with Crippen LogP contribution in [0.3, 0.4) is 0 Å². The van der Waals surface area contributed by atoms with Crippen molar-refractivity contribution < 1.29 is 4.79 Å². The molecule has 0 fully saturated rings. The standard InChI is InChI=1S/C11H14N4O/c1-7-5-10(9(3)14-13-7)11(16)15(4)8(2)6-12/h5,8H,1-4H3. The van der Waals surface area contributed by atoms with Crippen LogP contribution in [0.25, 0.3) is 0 Å². The van der Waals surface area contributed by atoms with Gasteiger partial charge in [-0.1, -0.05) is 0 Å². The third-order valence-electron chi connectivity index (χ3n) is 2.42. The van der Waals surface area contributed by atoms with Gasteiger partial charge in [0.25, 0.3) is 5.91 Å². The van der Waals surface area contributed by atoms with Crippen molar-refractivity contribution in [1.29, 1.82) is 5.26 Å². The molecule has 0 aliphatic carbocycles. The Bertz CT molecular complexity index is 450. The Morgan fingerprint density at radius 1 is 1.50 bits per heavy atom. The molecule has 84 valence electrons. The second kappa shape index (κ2) is 4.71. The summed E-state index contributed by atoms with van der Waals surface area (Å²) in [6.07, 6.45) is 0. The number of nitriles is 1. The van der Waals surface area contributed by atoms with Gasteiger partial charge < -0.3 is 4.90 Å². The van der Waals surface area contributed by atoms with E-state index in [-0.39, 0.29) is 5.91 Å². The Hall–Kier alpha value is -1.96. The van der Waals surface area contributed by atoms with E-state index < -0.39 is 6.04 Å². The summed E-state index contributed by atoms with van der Waals surface area (Å²) in [5, 5.41) is 16.5.